The number of rotatable bonds is 3. The van der Waals surface area contributed by atoms with E-state index in [1.807, 2.05) is 18.2 Å². The van der Waals surface area contributed by atoms with Crippen molar-refractivity contribution in [3.05, 3.63) is 65.2 Å². The Kier molecular flexibility index (Phi) is 3.26. The van der Waals surface area contributed by atoms with E-state index in [2.05, 4.69) is 12.1 Å². The van der Waals surface area contributed by atoms with E-state index in [0.29, 0.717) is 16.7 Å². The maximum Gasteiger partial charge on any atom is 0.314 e. The van der Waals surface area contributed by atoms with Crippen LogP contribution in [0.25, 0.3) is 0 Å². The third-order valence-corrected chi connectivity index (χ3v) is 3.57. The van der Waals surface area contributed by atoms with Crippen molar-refractivity contribution in [2.24, 2.45) is 5.92 Å². The number of ether oxygens (including phenoxy) is 1. The van der Waals surface area contributed by atoms with E-state index in [1.54, 1.807) is 24.3 Å². The van der Waals surface area contributed by atoms with Gasteiger partial charge in [0.05, 0.1) is 5.92 Å². The molecule has 2 unspecified atom stereocenters. The van der Waals surface area contributed by atoms with Gasteiger partial charge in [-0.25, -0.2) is 0 Å². The first kappa shape index (κ1) is 12.2. The Hall–Kier alpha value is -1.80. The van der Waals surface area contributed by atoms with Crippen LogP contribution in [-0.2, 0) is 4.79 Å². The van der Waals surface area contributed by atoms with Crippen molar-refractivity contribution in [3.63, 3.8) is 0 Å². The summed E-state index contributed by atoms with van der Waals surface area (Å²) in [6.45, 7) is 0. The third-order valence-electron chi connectivity index (χ3n) is 3.34. The van der Waals surface area contributed by atoms with E-state index in [1.165, 1.54) is 5.56 Å². The Balaban J connectivity index is 1.64. The van der Waals surface area contributed by atoms with E-state index in [-0.39, 0.29) is 11.9 Å². The van der Waals surface area contributed by atoms with Crippen molar-refractivity contribution < 1.29 is 9.53 Å². The summed E-state index contributed by atoms with van der Waals surface area (Å²) in [5.41, 5.74) is 1.20. The molecule has 2 aromatic rings. The smallest absolute Gasteiger partial charge is 0.314 e. The van der Waals surface area contributed by atoms with Gasteiger partial charge in [-0.1, -0.05) is 48.0 Å². The predicted molar refractivity (Wildman–Crippen MR) is 74.4 cm³/mol. The van der Waals surface area contributed by atoms with Crippen LogP contribution in [-0.4, -0.2) is 5.97 Å². The second-order valence-corrected chi connectivity index (χ2v) is 5.17. The van der Waals surface area contributed by atoms with E-state index < -0.39 is 0 Å². The van der Waals surface area contributed by atoms with Crippen molar-refractivity contribution in [2.45, 2.75) is 12.3 Å². The van der Waals surface area contributed by atoms with E-state index >= 15 is 0 Å². The molecule has 2 aromatic carbocycles. The number of esters is 1. The molecular weight excluding hydrogens is 260 g/mol. The number of hydrogen-bond acceptors (Lipinski definition) is 2. The summed E-state index contributed by atoms with van der Waals surface area (Å²) in [6, 6.07) is 17.0. The lowest BCUT2D eigenvalue weighted by molar-refractivity contribution is -0.135. The molecule has 0 spiro atoms. The largest absolute Gasteiger partial charge is 0.426 e. The molecule has 0 aromatic heterocycles. The second-order valence-electron chi connectivity index (χ2n) is 4.74. The molecule has 3 heteroatoms. The van der Waals surface area contributed by atoms with E-state index in [9.17, 15) is 4.79 Å². The van der Waals surface area contributed by atoms with Gasteiger partial charge in [-0.3, -0.25) is 4.79 Å². The summed E-state index contributed by atoms with van der Waals surface area (Å²) in [5.74, 6) is 0.613. The van der Waals surface area contributed by atoms with Gasteiger partial charge in [-0.2, -0.15) is 0 Å². The van der Waals surface area contributed by atoms with Gasteiger partial charge >= 0.3 is 5.97 Å². The summed E-state index contributed by atoms with van der Waals surface area (Å²) >= 11 is 5.86. The lowest BCUT2D eigenvalue weighted by Gasteiger charge is -2.04. The van der Waals surface area contributed by atoms with Crippen molar-refractivity contribution in [2.75, 3.05) is 0 Å². The molecule has 0 radical (unpaired) electrons. The molecule has 1 saturated carbocycles. The molecule has 3 rings (SSSR count). The Morgan fingerprint density at radius 3 is 2.63 bits per heavy atom. The van der Waals surface area contributed by atoms with Gasteiger partial charge in [0, 0.05) is 5.02 Å². The summed E-state index contributed by atoms with van der Waals surface area (Å²) in [5, 5.41) is 0.570. The molecule has 2 nitrogen and oxygen atoms in total. The zero-order chi connectivity index (χ0) is 13.2. The molecule has 1 fully saturated rings. The summed E-state index contributed by atoms with van der Waals surface area (Å²) in [7, 11) is 0. The van der Waals surface area contributed by atoms with Gasteiger partial charge in [-0.05, 0) is 36.1 Å². The van der Waals surface area contributed by atoms with Crippen molar-refractivity contribution >= 4 is 17.6 Å². The Morgan fingerprint density at radius 1 is 1.11 bits per heavy atom. The number of hydrogen-bond donors (Lipinski definition) is 0. The van der Waals surface area contributed by atoms with Crippen molar-refractivity contribution in [3.8, 4) is 5.75 Å². The minimum Gasteiger partial charge on any atom is -0.426 e. The van der Waals surface area contributed by atoms with Gasteiger partial charge in [0.2, 0.25) is 0 Å². The van der Waals surface area contributed by atoms with E-state index in [4.69, 9.17) is 16.3 Å². The van der Waals surface area contributed by atoms with Crippen LogP contribution in [0.5, 0.6) is 5.75 Å². The van der Waals surface area contributed by atoms with Crippen LogP contribution in [0.3, 0.4) is 0 Å². The average Bonchev–Trinajstić information content (AvgIpc) is 3.20. The minimum absolute atomic E-state index is 0.0265. The minimum atomic E-state index is -0.170. The van der Waals surface area contributed by atoms with Crippen LogP contribution in [0, 0.1) is 5.92 Å². The molecule has 1 aliphatic rings. The third kappa shape index (κ3) is 2.79. The highest BCUT2D eigenvalue weighted by Gasteiger charge is 2.45. The highest BCUT2D eigenvalue weighted by molar-refractivity contribution is 6.30. The maximum absolute atomic E-state index is 12.0. The molecule has 0 aliphatic heterocycles. The molecule has 0 amide bonds. The van der Waals surface area contributed by atoms with Gasteiger partial charge in [0.1, 0.15) is 5.75 Å². The Bertz CT molecular complexity index is 595. The van der Waals surface area contributed by atoms with Gasteiger partial charge in [0.15, 0.2) is 0 Å². The number of carbonyl (C=O) groups excluding carboxylic acids is 1. The van der Waals surface area contributed by atoms with Crippen LogP contribution >= 0.6 is 11.6 Å². The quantitative estimate of drug-likeness (QED) is 0.622. The van der Waals surface area contributed by atoms with E-state index in [0.717, 1.165) is 6.42 Å². The summed E-state index contributed by atoms with van der Waals surface area (Å²) in [6.07, 6.45) is 0.864. The van der Waals surface area contributed by atoms with Crippen LogP contribution in [0.4, 0.5) is 0 Å². The first-order valence-electron chi connectivity index (χ1n) is 6.26. The zero-order valence-electron chi connectivity index (χ0n) is 10.3. The van der Waals surface area contributed by atoms with Gasteiger partial charge in [0.25, 0.3) is 0 Å². The summed E-state index contributed by atoms with van der Waals surface area (Å²) in [4.78, 5) is 12.0. The number of benzene rings is 2. The highest BCUT2D eigenvalue weighted by Crippen LogP contribution is 2.48. The van der Waals surface area contributed by atoms with Crippen LogP contribution in [0.2, 0.25) is 5.02 Å². The molecular formula is C16H13ClO2. The van der Waals surface area contributed by atoms with Crippen molar-refractivity contribution in [1.82, 2.24) is 0 Å². The van der Waals surface area contributed by atoms with Crippen LogP contribution in [0.1, 0.15) is 17.9 Å². The lowest BCUT2D eigenvalue weighted by Crippen LogP contribution is -2.11. The standard InChI is InChI=1S/C16H13ClO2/c17-12-7-4-8-13(9-12)19-16(18)15-10-14(15)11-5-2-1-3-6-11/h1-9,14-15H,10H2. The molecule has 0 bridgehead atoms. The first-order valence-corrected chi connectivity index (χ1v) is 6.64. The van der Waals surface area contributed by atoms with Gasteiger partial charge < -0.3 is 4.74 Å². The predicted octanol–water partition coefficient (Wildman–Crippen LogP) is 4.05. The Labute approximate surface area is 117 Å². The molecule has 0 saturated heterocycles. The fourth-order valence-corrected chi connectivity index (χ4v) is 2.43. The fourth-order valence-electron chi connectivity index (χ4n) is 2.25. The Morgan fingerprint density at radius 2 is 1.89 bits per heavy atom. The molecule has 0 N–H and O–H groups in total. The highest BCUT2D eigenvalue weighted by atomic mass is 35.5. The van der Waals surface area contributed by atoms with Crippen molar-refractivity contribution in [1.29, 1.82) is 0 Å². The lowest BCUT2D eigenvalue weighted by atomic mass is 10.1. The molecule has 2 atom stereocenters. The molecule has 1 aliphatic carbocycles. The number of halogens is 1. The summed E-state index contributed by atoms with van der Waals surface area (Å²) < 4.78 is 5.35. The molecule has 0 heterocycles. The monoisotopic (exact) mass is 272 g/mol. The van der Waals surface area contributed by atoms with Gasteiger partial charge in [-0.15, -0.1) is 0 Å². The van der Waals surface area contributed by atoms with Crippen LogP contribution < -0.4 is 4.74 Å². The maximum atomic E-state index is 12.0. The second kappa shape index (κ2) is 5.06. The zero-order valence-corrected chi connectivity index (χ0v) is 11.0. The topological polar surface area (TPSA) is 26.3 Å². The number of carbonyl (C=O) groups is 1. The normalized spacial score (nSPS) is 20.9. The van der Waals surface area contributed by atoms with Crippen LogP contribution in [0.15, 0.2) is 54.6 Å². The first-order chi connectivity index (χ1) is 9.24. The average molecular weight is 273 g/mol. The SMILES string of the molecule is O=C(Oc1cccc(Cl)c1)C1CC1c1ccccc1. The molecule has 96 valence electrons. The molecule has 19 heavy (non-hydrogen) atoms. The fraction of sp³-hybridized carbons (Fsp3) is 0.188.